The molecule has 0 radical (unpaired) electrons. The molecule has 1 saturated heterocycles. The Hall–Kier alpha value is -1.33. The highest BCUT2D eigenvalue weighted by Crippen LogP contribution is 2.26. The van der Waals surface area contributed by atoms with Crippen molar-refractivity contribution in [3.05, 3.63) is 18.3 Å². The van der Waals surface area contributed by atoms with Crippen molar-refractivity contribution in [2.75, 3.05) is 50.8 Å². The molecule has 0 aliphatic carbocycles. The first kappa shape index (κ1) is 16.0. The third kappa shape index (κ3) is 4.86. The Morgan fingerprint density at radius 2 is 2.19 bits per heavy atom. The van der Waals surface area contributed by atoms with Gasteiger partial charge in [-0.1, -0.05) is 6.92 Å². The normalized spacial score (nSPS) is 16.8. The standard InChI is InChI=1S/C16H28N4O/c1-2-14-21-15-6-3-8-18-16(15)20-11-5-10-19(12-13-20)9-4-7-17/h3,6,8H,2,4-5,7,9-14,17H2,1H3. The zero-order valence-corrected chi connectivity index (χ0v) is 13.1. The third-order valence-corrected chi connectivity index (χ3v) is 3.78. The molecule has 0 bridgehead atoms. The molecule has 0 amide bonds. The van der Waals surface area contributed by atoms with Crippen LogP contribution in [0.1, 0.15) is 26.2 Å². The van der Waals surface area contributed by atoms with E-state index in [0.29, 0.717) is 0 Å². The molecule has 0 saturated carbocycles. The average molecular weight is 292 g/mol. The van der Waals surface area contributed by atoms with Crippen LogP contribution >= 0.6 is 0 Å². The summed E-state index contributed by atoms with van der Waals surface area (Å²) in [5, 5.41) is 0. The molecule has 2 rings (SSSR count). The molecule has 5 nitrogen and oxygen atoms in total. The van der Waals surface area contributed by atoms with Gasteiger partial charge in [-0.25, -0.2) is 4.98 Å². The van der Waals surface area contributed by atoms with Gasteiger partial charge < -0.3 is 20.3 Å². The monoisotopic (exact) mass is 292 g/mol. The Balaban J connectivity index is 1.98. The SMILES string of the molecule is CCCOc1cccnc1N1CCCN(CCCN)CC1. The van der Waals surface area contributed by atoms with Gasteiger partial charge in [0.15, 0.2) is 11.6 Å². The van der Waals surface area contributed by atoms with Gasteiger partial charge in [0.25, 0.3) is 0 Å². The molecule has 1 aliphatic rings. The molecule has 0 aromatic carbocycles. The van der Waals surface area contributed by atoms with E-state index in [4.69, 9.17) is 10.5 Å². The highest BCUT2D eigenvalue weighted by molar-refractivity contribution is 5.52. The molecule has 1 aromatic rings. The summed E-state index contributed by atoms with van der Waals surface area (Å²) in [5.74, 6) is 1.90. The van der Waals surface area contributed by atoms with Crippen LogP contribution in [0.4, 0.5) is 5.82 Å². The maximum absolute atomic E-state index is 5.84. The first-order chi connectivity index (χ1) is 10.3. The summed E-state index contributed by atoms with van der Waals surface area (Å²) in [5.41, 5.74) is 5.61. The van der Waals surface area contributed by atoms with Crippen LogP contribution in [-0.4, -0.2) is 55.8 Å². The van der Waals surface area contributed by atoms with Crippen molar-refractivity contribution in [3.8, 4) is 5.75 Å². The van der Waals surface area contributed by atoms with E-state index in [0.717, 1.165) is 76.7 Å². The highest BCUT2D eigenvalue weighted by atomic mass is 16.5. The smallest absolute Gasteiger partial charge is 0.171 e. The van der Waals surface area contributed by atoms with Gasteiger partial charge in [0.2, 0.25) is 0 Å². The number of aromatic nitrogens is 1. The Morgan fingerprint density at radius 1 is 1.29 bits per heavy atom. The van der Waals surface area contributed by atoms with E-state index >= 15 is 0 Å². The Morgan fingerprint density at radius 3 is 3.00 bits per heavy atom. The van der Waals surface area contributed by atoms with Crippen LogP contribution in [0.25, 0.3) is 0 Å². The van der Waals surface area contributed by atoms with E-state index in [1.54, 1.807) is 0 Å². The van der Waals surface area contributed by atoms with Crippen LogP contribution in [0.3, 0.4) is 0 Å². The maximum atomic E-state index is 5.84. The van der Waals surface area contributed by atoms with Gasteiger partial charge in [-0.15, -0.1) is 0 Å². The number of rotatable bonds is 7. The van der Waals surface area contributed by atoms with Crippen molar-refractivity contribution >= 4 is 5.82 Å². The average Bonchev–Trinajstić information content (AvgIpc) is 2.76. The lowest BCUT2D eigenvalue weighted by molar-refractivity contribution is 0.291. The lowest BCUT2D eigenvalue weighted by Gasteiger charge is -2.24. The fourth-order valence-electron chi connectivity index (χ4n) is 2.67. The zero-order valence-electron chi connectivity index (χ0n) is 13.1. The van der Waals surface area contributed by atoms with Crippen LogP contribution < -0.4 is 15.4 Å². The molecular formula is C16H28N4O. The second kappa shape index (κ2) is 8.85. The van der Waals surface area contributed by atoms with E-state index in [2.05, 4.69) is 21.7 Å². The second-order valence-electron chi connectivity index (χ2n) is 5.50. The van der Waals surface area contributed by atoms with Crippen LogP contribution in [0.15, 0.2) is 18.3 Å². The Kier molecular flexibility index (Phi) is 6.76. The molecule has 1 aromatic heterocycles. The van der Waals surface area contributed by atoms with Crippen molar-refractivity contribution in [1.29, 1.82) is 0 Å². The van der Waals surface area contributed by atoms with Crippen molar-refractivity contribution < 1.29 is 4.74 Å². The van der Waals surface area contributed by atoms with Gasteiger partial charge in [0.1, 0.15) is 0 Å². The Labute approximate surface area is 128 Å². The number of nitrogens with zero attached hydrogens (tertiary/aromatic N) is 3. The van der Waals surface area contributed by atoms with E-state index in [1.807, 2.05) is 18.3 Å². The molecular weight excluding hydrogens is 264 g/mol. The summed E-state index contributed by atoms with van der Waals surface area (Å²) < 4.78 is 5.84. The summed E-state index contributed by atoms with van der Waals surface area (Å²) in [4.78, 5) is 9.40. The van der Waals surface area contributed by atoms with E-state index < -0.39 is 0 Å². The predicted octanol–water partition coefficient (Wildman–Crippen LogP) is 1.73. The number of anilines is 1. The minimum absolute atomic E-state index is 0.745. The van der Waals surface area contributed by atoms with Gasteiger partial charge >= 0.3 is 0 Å². The van der Waals surface area contributed by atoms with Crippen molar-refractivity contribution in [2.24, 2.45) is 5.73 Å². The minimum atomic E-state index is 0.745. The summed E-state index contributed by atoms with van der Waals surface area (Å²) in [6.45, 7) is 9.01. The van der Waals surface area contributed by atoms with E-state index in [9.17, 15) is 0 Å². The minimum Gasteiger partial charge on any atom is -0.490 e. The molecule has 2 N–H and O–H groups in total. The molecule has 118 valence electrons. The molecule has 0 unspecified atom stereocenters. The molecule has 5 heteroatoms. The number of pyridine rings is 1. The van der Waals surface area contributed by atoms with Gasteiger partial charge in [-0.2, -0.15) is 0 Å². The van der Waals surface area contributed by atoms with E-state index in [-0.39, 0.29) is 0 Å². The van der Waals surface area contributed by atoms with E-state index in [1.165, 1.54) is 0 Å². The number of hydrogen-bond acceptors (Lipinski definition) is 5. The van der Waals surface area contributed by atoms with Crippen molar-refractivity contribution in [3.63, 3.8) is 0 Å². The van der Waals surface area contributed by atoms with Crippen LogP contribution in [-0.2, 0) is 0 Å². The zero-order chi connectivity index (χ0) is 14.9. The van der Waals surface area contributed by atoms with Gasteiger partial charge in [0.05, 0.1) is 6.61 Å². The summed E-state index contributed by atoms with van der Waals surface area (Å²) in [6.07, 6.45) is 5.11. The van der Waals surface area contributed by atoms with Gasteiger partial charge in [0, 0.05) is 25.8 Å². The molecule has 21 heavy (non-hydrogen) atoms. The fourth-order valence-corrected chi connectivity index (χ4v) is 2.67. The van der Waals surface area contributed by atoms with Crippen LogP contribution in [0.5, 0.6) is 5.75 Å². The lowest BCUT2D eigenvalue weighted by atomic mass is 10.3. The molecule has 1 fully saturated rings. The van der Waals surface area contributed by atoms with Crippen molar-refractivity contribution in [1.82, 2.24) is 9.88 Å². The lowest BCUT2D eigenvalue weighted by Crippen LogP contribution is -2.32. The predicted molar refractivity (Wildman–Crippen MR) is 87.0 cm³/mol. The maximum Gasteiger partial charge on any atom is 0.171 e. The Bertz CT molecular complexity index is 413. The third-order valence-electron chi connectivity index (χ3n) is 3.78. The molecule has 0 atom stereocenters. The quantitative estimate of drug-likeness (QED) is 0.829. The summed E-state index contributed by atoms with van der Waals surface area (Å²) >= 11 is 0. The largest absolute Gasteiger partial charge is 0.490 e. The second-order valence-corrected chi connectivity index (χ2v) is 5.50. The molecule has 0 spiro atoms. The summed E-state index contributed by atoms with van der Waals surface area (Å²) in [7, 11) is 0. The van der Waals surface area contributed by atoms with Crippen LogP contribution in [0, 0.1) is 0 Å². The van der Waals surface area contributed by atoms with Gasteiger partial charge in [-0.3, -0.25) is 0 Å². The fraction of sp³-hybridized carbons (Fsp3) is 0.688. The van der Waals surface area contributed by atoms with Gasteiger partial charge in [-0.05, 0) is 51.0 Å². The number of ether oxygens (including phenoxy) is 1. The first-order valence-corrected chi connectivity index (χ1v) is 8.10. The summed E-state index contributed by atoms with van der Waals surface area (Å²) in [6, 6.07) is 3.97. The van der Waals surface area contributed by atoms with Crippen molar-refractivity contribution in [2.45, 2.75) is 26.2 Å². The number of hydrogen-bond donors (Lipinski definition) is 1. The molecule has 2 heterocycles. The first-order valence-electron chi connectivity index (χ1n) is 8.10. The van der Waals surface area contributed by atoms with Crippen LogP contribution in [0.2, 0.25) is 0 Å². The number of nitrogens with two attached hydrogens (primary N) is 1. The molecule has 1 aliphatic heterocycles. The highest BCUT2D eigenvalue weighted by Gasteiger charge is 2.18. The topological polar surface area (TPSA) is 54.6 Å².